The van der Waals surface area contributed by atoms with Crippen molar-refractivity contribution < 1.29 is 24.2 Å². The Kier molecular flexibility index (Phi) is 4.50. The zero-order valence-corrected chi connectivity index (χ0v) is 17.2. The number of pyridine rings is 1. The van der Waals surface area contributed by atoms with Gasteiger partial charge in [0.15, 0.2) is 0 Å². The molecule has 0 saturated carbocycles. The predicted octanol–water partition coefficient (Wildman–Crippen LogP) is 5.46. The smallest absolute Gasteiger partial charge is 0.339 e. The summed E-state index contributed by atoms with van der Waals surface area (Å²) in [5, 5.41) is 21.8. The maximum atomic E-state index is 11.4. The molecule has 0 aliphatic carbocycles. The third kappa shape index (κ3) is 3.13. The van der Waals surface area contributed by atoms with Crippen molar-refractivity contribution in [3.05, 3.63) is 58.9 Å². The van der Waals surface area contributed by atoms with Crippen molar-refractivity contribution in [3.8, 4) is 21.4 Å². The van der Waals surface area contributed by atoms with E-state index in [1.54, 1.807) is 37.4 Å². The number of carboxylic acid groups (broad SMARTS) is 1. The van der Waals surface area contributed by atoms with E-state index >= 15 is 0 Å². The lowest BCUT2D eigenvalue weighted by Gasteiger charge is -2.06. The topological polar surface area (TPSA) is 106 Å². The van der Waals surface area contributed by atoms with Crippen LogP contribution in [0.2, 0.25) is 0 Å². The van der Waals surface area contributed by atoms with Crippen molar-refractivity contribution in [2.24, 2.45) is 0 Å². The number of carbonyl (C=O) groups is 1. The number of aromatic nitrogens is 2. The molecule has 0 saturated heterocycles. The van der Waals surface area contributed by atoms with E-state index in [9.17, 15) is 15.0 Å². The van der Waals surface area contributed by atoms with E-state index in [1.807, 2.05) is 11.4 Å². The van der Waals surface area contributed by atoms with E-state index in [1.165, 1.54) is 22.7 Å². The Balaban J connectivity index is 1.53. The summed E-state index contributed by atoms with van der Waals surface area (Å²) in [5.74, 6) is 0.506. The Hall–Kier alpha value is -3.27. The molecule has 0 bridgehead atoms. The van der Waals surface area contributed by atoms with Crippen LogP contribution in [0.4, 0.5) is 0 Å². The van der Waals surface area contributed by atoms with Crippen LogP contribution in [0.25, 0.3) is 31.1 Å². The average molecular weight is 438 g/mol. The standard InChI is InChI=1S/C21H14N2O5S2/c1-10-18(21(25)26)13-3-2-12(6-16(13)27-10)28-15-4-5-22-14-7-17(30-19(14)15)20-23-11(8-24)9-29-20/h2-7,9,24H,8H2,1H3,(H,25,26). The van der Waals surface area contributed by atoms with Crippen LogP contribution >= 0.6 is 22.7 Å². The fourth-order valence-electron chi connectivity index (χ4n) is 3.25. The molecule has 1 aromatic carbocycles. The normalized spacial score (nSPS) is 11.4. The number of rotatable bonds is 5. The molecular formula is C21H14N2O5S2. The van der Waals surface area contributed by atoms with Crippen LogP contribution in [0, 0.1) is 6.92 Å². The lowest BCUT2D eigenvalue weighted by Crippen LogP contribution is -1.96. The first-order valence-corrected chi connectivity index (χ1v) is 10.6. The number of hydrogen-bond acceptors (Lipinski definition) is 8. The first-order chi connectivity index (χ1) is 14.5. The number of benzene rings is 1. The molecule has 0 aliphatic heterocycles. The average Bonchev–Trinajstić information content (AvgIpc) is 3.43. The molecule has 0 unspecified atom stereocenters. The largest absolute Gasteiger partial charge is 0.478 e. The molecule has 4 heterocycles. The van der Waals surface area contributed by atoms with E-state index in [4.69, 9.17) is 9.15 Å². The highest BCUT2D eigenvalue weighted by molar-refractivity contribution is 7.25. The fraction of sp³-hybridized carbons (Fsp3) is 0.0952. The Morgan fingerprint density at radius 3 is 2.90 bits per heavy atom. The number of thiazole rings is 1. The molecule has 5 rings (SSSR count). The van der Waals surface area contributed by atoms with Gasteiger partial charge in [-0.25, -0.2) is 9.78 Å². The van der Waals surface area contributed by atoms with Gasteiger partial charge in [-0.05, 0) is 25.1 Å². The van der Waals surface area contributed by atoms with Gasteiger partial charge in [0.2, 0.25) is 0 Å². The van der Waals surface area contributed by atoms with Gasteiger partial charge in [0.05, 0.1) is 27.4 Å². The van der Waals surface area contributed by atoms with Crippen molar-refractivity contribution >= 4 is 49.8 Å². The van der Waals surface area contributed by atoms with Gasteiger partial charge in [0, 0.05) is 29.1 Å². The van der Waals surface area contributed by atoms with E-state index in [0.717, 1.165) is 20.1 Å². The molecule has 9 heteroatoms. The van der Waals surface area contributed by atoms with Gasteiger partial charge in [-0.3, -0.25) is 4.98 Å². The summed E-state index contributed by atoms with van der Waals surface area (Å²) in [6.07, 6.45) is 1.67. The molecule has 4 aromatic heterocycles. The predicted molar refractivity (Wildman–Crippen MR) is 115 cm³/mol. The number of aromatic carboxylic acids is 1. The van der Waals surface area contributed by atoms with E-state index in [2.05, 4.69) is 9.97 Å². The SMILES string of the molecule is Cc1oc2cc(Oc3ccnc4cc(-c5nc(CO)cs5)sc34)ccc2c1C(=O)O. The Morgan fingerprint density at radius 2 is 2.13 bits per heavy atom. The third-order valence-corrected chi connectivity index (χ3v) is 6.78. The van der Waals surface area contributed by atoms with Gasteiger partial charge in [-0.2, -0.15) is 0 Å². The zero-order valence-electron chi connectivity index (χ0n) is 15.6. The minimum absolute atomic E-state index is 0.0909. The first-order valence-electron chi connectivity index (χ1n) is 8.92. The van der Waals surface area contributed by atoms with Crippen molar-refractivity contribution in [1.82, 2.24) is 9.97 Å². The van der Waals surface area contributed by atoms with E-state index in [-0.39, 0.29) is 12.2 Å². The molecular weight excluding hydrogens is 424 g/mol. The summed E-state index contributed by atoms with van der Waals surface area (Å²) in [6.45, 7) is 1.54. The van der Waals surface area contributed by atoms with Crippen LogP contribution in [0.5, 0.6) is 11.5 Å². The zero-order chi connectivity index (χ0) is 20.8. The number of hydrogen-bond donors (Lipinski definition) is 2. The monoisotopic (exact) mass is 438 g/mol. The van der Waals surface area contributed by atoms with Crippen LogP contribution < -0.4 is 4.74 Å². The number of aliphatic hydroxyl groups is 1. The van der Waals surface area contributed by atoms with Crippen LogP contribution in [0.15, 0.2) is 46.3 Å². The first kappa shape index (κ1) is 18.7. The second-order valence-corrected chi connectivity index (χ2v) is 8.44. The molecule has 0 spiro atoms. The highest BCUT2D eigenvalue weighted by Crippen LogP contribution is 2.40. The van der Waals surface area contributed by atoms with Gasteiger partial charge in [-0.1, -0.05) is 0 Å². The van der Waals surface area contributed by atoms with Crippen molar-refractivity contribution in [2.45, 2.75) is 13.5 Å². The maximum Gasteiger partial charge on any atom is 0.339 e. The Morgan fingerprint density at radius 1 is 1.27 bits per heavy atom. The number of fused-ring (bicyclic) bond motifs is 2. The molecule has 0 atom stereocenters. The lowest BCUT2D eigenvalue weighted by molar-refractivity contribution is 0.0697. The molecule has 0 radical (unpaired) electrons. The minimum Gasteiger partial charge on any atom is -0.478 e. The van der Waals surface area contributed by atoms with Gasteiger partial charge in [0.25, 0.3) is 0 Å². The van der Waals surface area contributed by atoms with Crippen LogP contribution in [-0.4, -0.2) is 26.2 Å². The molecule has 0 aliphatic rings. The number of furan rings is 1. The minimum atomic E-state index is -1.02. The summed E-state index contributed by atoms with van der Waals surface area (Å²) in [6, 6.07) is 8.83. The maximum absolute atomic E-state index is 11.4. The van der Waals surface area contributed by atoms with E-state index < -0.39 is 5.97 Å². The van der Waals surface area contributed by atoms with Crippen molar-refractivity contribution in [1.29, 1.82) is 0 Å². The number of nitrogens with zero attached hydrogens (tertiary/aromatic N) is 2. The molecule has 2 N–H and O–H groups in total. The highest BCUT2D eigenvalue weighted by Gasteiger charge is 2.18. The molecule has 150 valence electrons. The summed E-state index contributed by atoms with van der Waals surface area (Å²) < 4.78 is 12.6. The summed E-state index contributed by atoms with van der Waals surface area (Å²) in [7, 11) is 0. The van der Waals surface area contributed by atoms with Crippen molar-refractivity contribution in [3.63, 3.8) is 0 Å². The molecule has 7 nitrogen and oxygen atoms in total. The van der Waals surface area contributed by atoms with Crippen molar-refractivity contribution in [2.75, 3.05) is 0 Å². The summed E-state index contributed by atoms with van der Waals surface area (Å²) in [4.78, 5) is 21.2. The summed E-state index contributed by atoms with van der Waals surface area (Å²) >= 11 is 2.98. The highest BCUT2D eigenvalue weighted by atomic mass is 32.1. The van der Waals surface area contributed by atoms with Gasteiger partial charge in [0.1, 0.15) is 33.4 Å². The molecule has 30 heavy (non-hydrogen) atoms. The number of ether oxygens (including phenoxy) is 1. The fourth-order valence-corrected chi connectivity index (χ4v) is 5.19. The second kappa shape index (κ2) is 7.21. The number of aliphatic hydroxyl groups excluding tert-OH is 1. The number of thiophene rings is 1. The number of aryl methyl sites for hydroxylation is 1. The lowest BCUT2D eigenvalue weighted by atomic mass is 10.1. The van der Waals surface area contributed by atoms with E-state index in [0.29, 0.717) is 33.9 Å². The quantitative estimate of drug-likeness (QED) is 0.375. The van der Waals surface area contributed by atoms with Crippen LogP contribution in [0.3, 0.4) is 0 Å². The molecule has 5 aromatic rings. The Bertz CT molecular complexity index is 1420. The second-order valence-electron chi connectivity index (χ2n) is 6.53. The van der Waals surface area contributed by atoms with Crippen LogP contribution in [0.1, 0.15) is 21.8 Å². The third-order valence-electron chi connectivity index (χ3n) is 4.58. The number of carboxylic acids is 1. The van der Waals surface area contributed by atoms with Gasteiger partial charge < -0.3 is 19.4 Å². The van der Waals surface area contributed by atoms with Gasteiger partial charge >= 0.3 is 5.97 Å². The Labute approximate surface area is 177 Å². The van der Waals surface area contributed by atoms with Crippen LogP contribution in [-0.2, 0) is 6.61 Å². The molecule has 0 fully saturated rings. The van der Waals surface area contributed by atoms with Gasteiger partial charge in [-0.15, -0.1) is 22.7 Å². The summed E-state index contributed by atoms with van der Waals surface area (Å²) in [5.41, 5.74) is 2.05. The molecule has 0 amide bonds.